The minimum absolute atomic E-state index is 0.280. The van der Waals surface area contributed by atoms with E-state index in [0.717, 1.165) is 44.0 Å². The average molecular weight is 450 g/mol. The van der Waals surface area contributed by atoms with Crippen molar-refractivity contribution in [3.05, 3.63) is 52.1 Å². The van der Waals surface area contributed by atoms with Crippen LogP contribution < -0.4 is 9.47 Å². The second-order valence-electron chi connectivity index (χ2n) is 6.54. The third-order valence-corrected chi connectivity index (χ3v) is 5.98. The van der Waals surface area contributed by atoms with Crippen LogP contribution in [-0.2, 0) is 12.3 Å². The molecule has 3 aromatic rings. The van der Waals surface area contributed by atoms with Crippen molar-refractivity contribution in [3.63, 3.8) is 0 Å². The van der Waals surface area contributed by atoms with E-state index in [1.165, 1.54) is 0 Å². The van der Waals surface area contributed by atoms with Crippen molar-refractivity contribution in [3.8, 4) is 11.5 Å². The quantitative estimate of drug-likeness (QED) is 0.500. The molecule has 2 aromatic heterocycles. The molecule has 1 aliphatic rings. The van der Waals surface area contributed by atoms with E-state index in [4.69, 9.17) is 13.9 Å². The van der Waals surface area contributed by atoms with Crippen LogP contribution in [-0.4, -0.2) is 28.0 Å². The minimum atomic E-state index is 0.280. The van der Waals surface area contributed by atoms with Gasteiger partial charge in [0.2, 0.25) is 0 Å². The lowest BCUT2D eigenvalue weighted by atomic mass is 10.2. The lowest BCUT2D eigenvalue weighted by Crippen LogP contribution is -2.15. The van der Waals surface area contributed by atoms with E-state index in [1.54, 1.807) is 18.0 Å². The molecule has 0 radical (unpaired) electrons. The van der Waals surface area contributed by atoms with Crippen LogP contribution in [0.2, 0.25) is 0 Å². The van der Waals surface area contributed by atoms with Gasteiger partial charge in [-0.3, -0.25) is 4.57 Å². The molecule has 0 fully saturated rings. The SMILES string of the molecule is CC(C)c1nnc(SCc2cc3c(cc2Br)OCCO3)n1Cc1ccco1. The highest BCUT2D eigenvalue weighted by Crippen LogP contribution is 2.38. The zero-order chi connectivity index (χ0) is 18.8. The van der Waals surface area contributed by atoms with E-state index in [2.05, 4.69) is 44.5 Å². The average Bonchev–Trinajstić information content (AvgIpc) is 3.30. The Morgan fingerprint density at radius 2 is 1.96 bits per heavy atom. The topological polar surface area (TPSA) is 62.3 Å². The van der Waals surface area contributed by atoms with Gasteiger partial charge in [-0.1, -0.05) is 41.5 Å². The highest BCUT2D eigenvalue weighted by Gasteiger charge is 2.19. The molecule has 6 nitrogen and oxygen atoms in total. The first-order valence-corrected chi connectivity index (χ1v) is 10.6. The zero-order valence-corrected chi connectivity index (χ0v) is 17.5. The number of halogens is 1. The van der Waals surface area contributed by atoms with Crippen LogP contribution in [0.5, 0.6) is 11.5 Å². The van der Waals surface area contributed by atoms with Crippen LogP contribution in [0.3, 0.4) is 0 Å². The Balaban J connectivity index is 1.56. The first-order valence-electron chi connectivity index (χ1n) is 8.78. The summed E-state index contributed by atoms with van der Waals surface area (Å²) in [7, 11) is 0. The maximum absolute atomic E-state index is 5.70. The van der Waals surface area contributed by atoms with Crippen LogP contribution in [0.4, 0.5) is 0 Å². The summed E-state index contributed by atoms with van der Waals surface area (Å²) >= 11 is 5.28. The molecule has 0 N–H and O–H groups in total. The first-order chi connectivity index (χ1) is 13.1. The molecule has 0 aliphatic carbocycles. The second-order valence-corrected chi connectivity index (χ2v) is 8.33. The molecule has 3 heterocycles. The molecule has 0 saturated heterocycles. The van der Waals surface area contributed by atoms with Gasteiger partial charge in [-0.2, -0.15) is 0 Å². The Morgan fingerprint density at radius 3 is 2.67 bits per heavy atom. The predicted molar refractivity (Wildman–Crippen MR) is 107 cm³/mol. The maximum atomic E-state index is 5.70. The summed E-state index contributed by atoms with van der Waals surface area (Å²) in [4.78, 5) is 0. The Morgan fingerprint density at radius 1 is 1.19 bits per heavy atom. The smallest absolute Gasteiger partial charge is 0.191 e. The number of thioether (sulfide) groups is 1. The fraction of sp³-hybridized carbons (Fsp3) is 0.368. The summed E-state index contributed by atoms with van der Waals surface area (Å²) in [6, 6.07) is 7.86. The molecule has 142 valence electrons. The van der Waals surface area contributed by atoms with Gasteiger partial charge in [-0.15, -0.1) is 10.2 Å². The number of benzene rings is 1. The highest BCUT2D eigenvalue weighted by molar-refractivity contribution is 9.10. The van der Waals surface area contributed by atoms with Crippen LogP contribution >= 0.6 is 27.7 Å². The predicted octanol–water partition coefficient (Wildman–Crippen LogP) is 4.87. The number of fused-ring (bicyclic) bond motifs is 1. The van der Waals surface area contributed by atoms with Gasteiger partial charge in [-0.05, 0) is 29.8 Å². The molecular formula is C19H20BrN3O3S. The Labute approximate surface area is 170 Å². The fourth-order valence-electron chi connectivity index (χ4n) is 2.90. The number of rotatable bonds is 6. The molecule has 1 aromatic carbocycles. The van der Waals surface area contributed by atoms with Crippen LogP contribution in [0.1, 0.15) is 36.9 Å². The molecule has 1 aliphatic heterocycles. The molecule has 0 unspecified atom stereocenters. The monoisotopic (exact) mass is 449 g/mol. The molecule has 27 heavy (non-hydrogen) atoms. The molecule has 0 bridgehead atoms. The van der Waals surface area contributed by atoms with Gasteiger partial charge >= 0.3 is 0 Å². The van der Waals surface area contributed by atoms with Crippen LogP contribution in [0, 0.1) is 0 Å². The Bertz CT molecular complexity index is 925. The second kappa shape index (κ2) is 7.98. The summed E-state index contributed by atoms with van der Waals surface area (Å²) < 4.78 is 20.0. The summed E-state index contributed by atoms with van der Waals surface area (Å²) in [5.74, 6) is 4.44. The highest BCUT2D eigenvalue weighted by atomic mass is 79.9. The zero-order valence-electron chi connectivity index (χ0n) is 15.1. The summed E-state index contributed by atoms with van der Waals surface area (Å²) in [6.45, 7) is 6.03. The van der Waals surface area contributed by atoms with E-state index in [0.29, 0.717) is 19.8 Å². The van der Waals surface area contributed by atoms with Gasteiger partial charge < -0.3 is 13.9 Å². The lowest BCUT2D eigenvalue weighted by molar-refractivity contribution is 0.171. The van der Waals surface area contributed by atoms with E-state index in [1.807, 2.05) is 24.3 Å². The van der Waals surface area contributed by atoms with Crippen LogP contribution in [0.15, 0.2) is 44.6 Å². The Kier molecular flexibility index (Phi) is 5.45. The first kappa shape index (κ1) is 18.4. The molecule has 0 amide bonds. The maximum Gasteiger partial charge on any atom is 0.191 e. The molecular weight excluding hydrogens is 430 g/mol. The van der Waals surface area contributed by atoms with E-state index >= 15 is 0 Å². The summed E-state index contributed by atoms with van der Waals surface area (Å²) in [6.07, 6.45) is 1.69. The Hall–Kier alpha value is -1.93. The number of hydrogen-bond acceptors (Lipinski definition) is 6. The molecule has 4 rings (SSSR count). The van der Waals surface area contributed by atoms with Gasteiger partial charge in [0.1, 0.15) is 24.8 Å². The fourth-order valence-corrected chi connectivity index (χ4v) is 4.48. The largest absolute Gasteiger partial charge is 0.486 e. The number of hydrogen-bond donors (Lipinski definition) is 0. The third-order valence-electron chi connectivity index (χ3n) is 4.22. The molecule has 0 saturated carbocycles. The van der Waals surface area contributed by atoms with E-state index in [-0.39, 0.29) is 5.92 Å². The van der Waals surface area contributed by atoms with Crippen molar-refractivity contribution < 1.29 is 13.9 Å². The van der Waals surface area contributed by atoms with Crippen LogP contribution in [0.25, 0.3) is 0 Å². The van der Waals surface area contributed by atoms with E-state index < -0.39 is 0 Å². The van der Waals surface area contributed by atoms with Gasteiger partial charge in [0.25, 0.3) is 0 Å². The van der Waals surface area contributed by atoms with Crippen molar-refractivity contribution in [2.45, 2.75) is 37.2 Å². The molecule has 0 atom stereocenters. The summed E-state index contributed by atoms with van der Waals surface area (Å²) in [5.41, 5.74) is 1.13. The van der Waals surface area contributed by atoms with E-state index in [9.17, 15) is 0 Å². The minimum Gasteiger partial charge on any atom is -0.486 e. The lowest BCUT2D eigenvalue weighted by Gasteiger charge is -2.19. The van der Waals surface area contributed by atoms with Gasteiger partial charge in [-0.25, -0.2) is 0 Å². The van der Waals surface area contributed by atoms with Crippen molar-refractivity contribution in [1.82, 2.24) is 14.8 Å². The summed E-state index contributed by atoms with van der Waals surface area (Å²) in [5, 5.41) is 9.68. The number of ether oxygens (including phenoxy) is 2. The van der Waals surface area contributed by atoms with Gasteiger partial charge in [0.15, 0.2) is 16.7 Å². The van der Waals surface area contributed by atoms with Crippen molar-refractivity contribution in [2.75, 3.05) is 13.2 Å². The van der Waals surface area contributed by atoms with Gasteiger partial charge in [0.05, 0.1) is 12.8 Å². The molecule has 8 heteroatoms. The van der Waals surface area contributed by atoms with Crippen molar-refractivity contribution >= 4 is 27.7 Å². The van der Waals surface area contributed by atoms with Crippen molar-refractivity contribution in [1.29, 1.82) is 0 Å². The van der Waals surface area contributed by atoms with Crippen molar-refractivity contribution in [2.24, 2.45) is 0 Å². The number of aromatic nitrogens is 3. The third kappa shape index (κ3) is 4.01. The number of nitrogens with zero attached hydrogens (tertiary/aromatic N) is 3. The standard InChI is InChI=1S/C19H20BrN3O3S/c1-12(2)18-21-22-19(23(18)10-14-4-3-5-24-14)27-11-13-8-16-17(9-15(13)20)26-7-6-25-16/h3-5,8-9,12H,6-7,10-11H2,1-2H3. The normalized spacial score (nSPS) is 13.3. The van der Waals surface area contributed by atoms with Gasteiger partial charge in [0, 0.05) is 16.1 Å². The number of furan rings is 1. The molecule has 0 spiro atoms.